The van der Waals surface area contributed by atoms with Crippen LogP contribution in [0.4, 0.5) is 4.39 Å². The Morgan fingerprint density at radius 1 is 1.48 bits per heavy atom. The van der Waals surface area contributed by atoms with Crippen LogP contribution < -0.4 is 5.32 Å². The van der Waals surface area contributed by atoms with Crippen molar-refractivity contribution in [2.24, 2.45) is 5.92 Å². The average molecular weight is 295 g/mol. The van der Waals surface area contributed by atoms with E-state index in [2.05, 4.69) is 5.32 Å². The van der Waals surface area contributed by atoms with Gasteiger partial charge in [0.1, 0.15) is 5.82 Å². The number of rotatable bonds is 7. The van der Waals surface area contributed by atoms with Crippen molar-refractivity contribution in [2.45, 2.75) is 6.92 Å². The third-order valence-electron chi connectivity index (χ3n) is 2.73. The molecule has 0 aromatic heterocycles. The van der Waals surface area contributed by atoms with Crippen molar-refractivity contribution in [3.63, 3.8) is 0 Å². The lowest BCUT2D eigenvalue weighted by Gasteiger charge is -2.11. The van der Waals surface area contributed by atoms with Crippen LogP contribution in [0.25, 0.3) is 6.08 Å². The number of carbonyl (C=O) groups is 2. The predicted octanol–water partition coefficient (Wildman–Crippen LogP) is 1.94. The molecule has 0 heterocycles. The van der Waals surface area contributed by atoms with E-state index in [1.807, 2.05) is 6.92 Å². The number of carboxylic acids is 1. The summed E-state index contributed by atoms with van der Waals surface area (Å²) >= 11 is 0. The highest BCUT2D eigenvalue weighted by Gasteiger charge is 2.10. The van der Waals surface area contributed by atoms with Crippen LogP contribution in [0.5, 0.6) is 0 Å². The van der Waals surface area contributed by atoms with Crippen LogP contribution in [-0.4, -0.2) is 37.2 Å². The number of amides is 1. The highest BCUT2D eigenvalue weighted by molar-refractivity contribution is 5.94. The van der Waals surface area contributed by atoms with Gasteiger partial charge in [-0.15, -0.1) is 0 Å². The summed E-state index contributed by atoms with van der Waals surface area (Å²) in [4.78, 5) is 22.2. The van der Waals surface area contributed by atoms with Crippen molar-refractivity contribution in [1.82, 2.24) is 5.32 Å². The number of halogens is 1. The Bertz CT molecular complexity index is 542. The van der Waals surface area contributed by atoms with Gasteiger partial charge in [-0.25, -0.2) is 9.18 Å². The van der Waals surface area contributed by atoms with E-state index in [4.69, 9.17) is 9.84 Å². The second-order valence-electron chi connectivity index (χ2n) is 4.68. The first kappa shape index (κ1) is 16.8. The summed E-state index contributed by atoms with van der Waals surface area (Å²) in [6.45, 7) is 2.87. The molecule has 0 spiro atoms. The Morgan fingerprint density at radius 2 is 2.19 bits per heavy atom. The quantitative estimate of drug-likeness (QED) is 0.754. The molecule has 0 fully saturated rings. The summed E-state index contributed by atoms with van der Waals surface area (Å²) in [7, 11) is 1.58. The lowest BCUT2D eigenvalue weighted by Crippen LogP contribution is -2.29. The number of hydrogen-bond donors (Lipinski definition) is 2. The highest BCUT2D eigenvalue weighted by atomic mass is 19.1. The van der Waals surface area contributed by atoms with E-state index in [9.17, 15) is 14.0 Å². The van der Waals surface area contributed by atoms with Gasteiger partial charge in [-0.3, -0.25) is 4.79 Å². The van der Waals surface area contributed by atoms with Crippen LogP contribution in [0.2, 0.25) is 0 Å². The van der Waals surface area contributed by atoms with Gasteiger partial charge in [0.25, 0.3) is 5.91 Å². The Labute approximate surface area is 122 Å². The van der Waals surface area contributed by atoms with Gasteiger partial charge < -0.3 is 15.2 Å². The van der Waals surface area contributed by atoms with Crippen LogP contribution in [-0.2, 0) is 9.53 Å². The molecule has 1 rings (SSSR count). The largest absolute Gasteiger partial charge is 0.478 e. The van der Waals surface area contributed by atoms with E-state index < -0.39 is 11.8 Å². The zero-order valence-electron chi connectivity index (χ0n) is 11.9. The molecule has 0 bridgehead atoms. The van der Waals surface area contributed by atoms with Crippen LogP contribution in [0.1, 0.15) is 22.8 Å². The second kappa shape index (κ2) is 8.16. The second-order valence-corrected chi connectivity index (χ2v) is 4.68. The van der Waals surface area contributed by atoms with Gasteiger partial charge in [0.15, 0.2) is 0 Å². The minimum Gasteiger partial charge on any atom is -0.478 e. The summed E-state index contributed by atoms with van der Waals surface area (Å²) < 4.78 is 18.7. The first-order valence-corrected chi connectivity index (χ1v) is 6.41. The molecule has 5 nitrogen and oxygen atoms in total. The van der Waals surface area contributed by atoms with Crippen LogP contribution in [0.3, 0.4) is 0 Å². The number of benzene rings is 1. The average Bonchev–Trinajstić information content (AvgIpc) is 2.43. The molecule has 21 heavy (non-hydrogen) atoms. The number of carbonyl (C=O) groups excluding carboxylic acids is 1. The molecule has 1 amide bonds. The zero-order valence-corrected chi connectivity index (χ0v) is 11.9. The minimum atomic E-state index is -1.16. The van der Waals surface area contributed by atoms with E-state index >= 15 is 0 Å². The molecule has 6 heteroatoms. The van der Waals surface area contributed by atoms with Crippen LogP contribution >= 0.6 is 0 Å². The molecule has 0 aliphatic heterocycles. The highest BCUT2D eigenvalue weighted by Crippen LogP contribution is 2.12. The molecule has 0 radical (unpaired) electrons. The van der Waals surface area contributed by atoms with Crippen molar-refractivity contribution in [3.8, 4) is 0 Å². The molecule has 0 saturated carbocycles. The van der Waals surface area contributed by atoms with Gasteiger partial charge in [-0.05, 0) is 24.1 Å². The van der Waals surface area contributed by atoms with Gasteiger partial charge >= 0.3 is 5.97 Å². The van der Waals surface area contributed by atoms with E-state index in [0.29, 0.717) is 13.2 Å². The maximum absolute atomic E-state index is 13.7. The first-order valence-electron chi connectivity index (χ1n) is 6.41. The molecular formula is C15H18FNO4. The van der Waals surface area contributed by atoms with Crippen molar-refractivity contribution in [1.29, 1.82) is 0 Å². The normalized spacial score (nSPS) is 12.3. The van der Waals surface area contributed by atoms with Gasteiger partial charge in [-0.1, -0.05) is 13.0 Å². The topological polar surface area (TPSA) is 75.6 Å². The summed E-state index contributed by atoms with van der Waals surface area (Å²) in [5.41, 5.74) is 0.297. The van der Waals surface area contributed by atoms with Crippen molar-refractivity contribution < 1.29 is 23.8 Å². The van der Waals surface area contributed by atoms with E-state index in [-0.39, 0.29) is 23.0 Å². The number of nitrogens with one attached hydrogen (secondary N) is 1. The van der Waals surface area contributed by atoms with Gasteiger partial charge in [0, 0.05) is 30.9 Å². The molecule has 1 atom stereocenters. The molecule has 0 aliphatic carbocycles. The van der Waals surface area contributed by atoms with Gasteiger partial charge in [-0.2, -0.15) is 0 Å². The van der Waals surface area contributed by atoms with E-state index in [1.54, 1.807) is 7.11 Å². The zero-order chi connectivity index (χ0) is 15.8. The minimum absolute atomic E-state index is 0.113. The van der Waals surface area contributed by atoms with Gasteiger partial charge in [0.2, 0.25) is 0 Å². The maximum Gasteiger partial charge on any atom is 0.328 e. The maximum atomic E-state index is 13.7. The monoisotopic (exact) mass is 295 g/mol. The van der Waals surface area contributed by atoms with Crippen LogP contribution in [0, 0.1) is 11.7 Å². The Morgan fingerprint density at radius 3 is 2.76 bits per heavy atom. The molecule has 1 aromatic rings. The molecule has 114 valence electrons. The third kappa shape index (κ3) is 5.74. The number of methoxy groups -OCH3 is 1. The SMILES string of the molecule is COCC(C)CNC(=O)c1ccc(C=CC(=O)O)c(F)c1. The van der Waals surface area contributed by atoms with E-state index in [1.165, 1.54) is 12.1 Å². The predicted molar refractivity (Wildman–Crippen MR) is 76.4 cm³/mol. The fourth-order valence-electron chi connectivity index (χ4n) is 1.68. The Hall–Kier alpha value is -2.21. The lowest BCUT2D eigenvalue weighted by atomic mass is 10.1. The number of aliphatic carboxylic acids is 1. The lowest BCUT2D eigenvalue weighted by molar-refractivity contribution is -0.131. The standard InChI is InChI=1S/C15H18FNO4/c1-10(9-21-2)8-17-15(20)12-4-3-11(13(16)7-12)5-6-14(18)19/h3-7,10H,8-9H2,1-2H3,(H,17,20)(H,18,19). The first-order chi connectivity index (χ1) is 9.93. The molecular weight excluding hydrogens is 277 g/mol. The summed E-state index contributed by atoms with van der Waals surface area (Å²) in [5.74, 6) is -2.04. The van der Waals surface area contributed by atoms with Crippen molar-refractivity contribution in [3.05, 3.63) is 41.2 Å². The summed E-state index contributed by atoms with van der Waals surface area (Å²) in [6, 6.07) is 3.89. The van der Waals surface area contributed by atoms with Crippen LogP contribution in [0.15, 0.2) is 24.3 Å². The summed E-state index contributed by atoms with van der Waals surface area (Å²) in [5, 5.41) is 11.2. The Balaban J connectivity index is 2.70. The number of hydrogen-bond acceptors (Lipinski definition) is 3. The number of carboxylic acid groups (broad SMARTS) is 1. The number of ether oxygens (including phenoxy) is 1. The van der Waals surface area contributed by atoms with Crippen molar-refractivity contribution >= 4 is 18.0 Å². The molecule has 0 aliphatic rings. The summed E-state index contributed by atoms with van der Waals surface area (Å²) in [6.07, 6.45) is 1.98. The fourth-order valence-corrected chi connectivity index (χ4v) is 1.68. The smallest absolute Gasteiger partial charge is 0.328 e. The van der Waals surface area contributed by atoms with E-state index in [0.717, 1.165) is 18.2 Å². The van der Waals surface area contributed by atoms with Crippen molar-refractivity contribution in [2.75, 3.05) is 20.3 Å². The Kier molecular flexibility index (Phi) is 6.55. The molecule has 1 aromatic carbocycles. The van der Waals surface area contributed by atoms with Gasteiger partial charge in [0.05, 0.1) is 6.61 Å². The molecule has 2 N–H and O–H groups in total. The molecule has 0 saturated heterocycles. The third-order valence-corrected chi connectivity index (χ3v) is 2.73. The fraction of sp³-hybridized carbons (Fsp3) is 0.333. The molecule has 1 unspecified atom stereocenters.